The molecule has 6 heteroatoms. The summed E-state index contributed by atoms with van der Waals surface area (Å²) in [6, 6.07) is 14.3. The summed E-state index contributed by atoms with van der Waals surface area (Å²) in [7, 11) is 0. The Bertz CT molecular complexity index is 674. The van der Waals surface area contributed by atoms with Crippen molar-refractivity contribution < 1.29 is 9.47 Å². The maximum absolute atomic E-state index is 5.62. The van der Waals surface area contributed by atoms with Crippen molar-refractivity contribution in [3.63, 3.8) is 0 Å². The summed E-state index contributed by atoms with van der Waals surface area (Å²) in [5.41, 5.74) is 12.6. The van der Waals surface area contributed by atoms with Crippen LogP contribution in [-0.2, 0) is 0 Å². The van der Waals surface area contributed by atoms with Crippen LogP contribution in [0.4, 0.5) is 11.4 Å². The smallest absolute Gasteiger partial charge is 0.322 e. The van der Waals surface area contributed by atoms with Crippen LogP contribution in [-0.4, -0.2) is 9.97 Å². The molecule has 0 saturated heterocycles. The minimum Gasteiger partial charge on any atom is -0.454 e. The maximum Gasteiger partial charge on any atom is 0.322 e. The average molecular weight is 294 g/mol. The van der Waals surface area contributed by atoms with E-state index in [-0.39, 0.29) is 6.01 Å². The van der Waals surface area contributed by atoms with Crippen molar-refractivity contribution in [2.24, 2.45) is 0 Å². The molecule has 2 aromatic carbocycles. The van der Waals surface area contributed by atoms with E-state index in [0.29, 0.717) is 28.6 Å². The van der Waals surface area contributed by atoms with E-state index in [2.05, 4.69) is 9.97 Å². The zero-order valence-electron chi connectivity index (χ0n) is 11.6. The molecule has 0 spiro atoms. The van der Waals surface area contributed by atoms with Crippen LogP contribution in [0.1, 0.15) is 0 Å². The lowest BCUT2D eigenvalue weighted by atomic mass is 10.3. The number of hydrogen-bond acceptors (Lipinski definition) is 6. The molecule has 1 aromatic heterocycles. The lowest BCUT2D eigenvalue weighted by molar-refractivity contribution is 0.430. The molecule has 4 N–H and O–H groups in total. The molecular formula is C16H14N4O2. The Morgan fingerprint density at radius 1 is 0.591 bits per heavy atom. The van der Waals surface area contributed by atoms with Gasteiger partial charge in [-0.15, -0.1) is 0 Å². The number of benzene rings is 2. The highest BCUT2D eigenvalue weighted by molar-refractivity contribution is 5.43. The summed E-state index contributed by atoms with van der Waals surface area (Å²) in [6.07, 6.45) is 3.08. The standard InChI is InChI=1S/C16H14N4O2/c17-11-1-5-13(6-2-11)21-15-9-19-16(20-10-15)22-14-7-3-12(18)4-8-14/h1-10H,17-18H2. The Balaban J connectivity index is 1.67. The molecule has 0 aliphatic rings. The lowest BCUT2D eigenvalue weighted by Gasteiger charge is -2.07. The van der Waals surface area contributed by atoms with Crippen LogP contribution in [0.3, 0.4) is 0 Å². The second-order valence-electron chi connectivity index (χ2n) is 4.54. The molecule has 0 unspecified atom stereocenters. The topological polar surface area (TPSA) is 96.3 Å². The van der Waals surface area contributed by atoms with Gasteiger partial charge in [0, 0.05) is 11.4 Å². The lowest BCUT2D eigenvalue weighted by Crippen LogP contribution is -1.93. The van der Waals surface area contributed by atoms with Crippen LogP contribution in [0.2, 0.25) is 0 Å². The zero-order valence-corrected chi connectivity index (χ0v) is 11.6. The summed E-state index contributed by atoms with van der Waals surface area (Å²) < 4.78 is 11.1. The van der Waals surface area contributed by atoms with Gasteiger partial charge >= 0.3 is 6.01 Å². The molecule has 0 bridgehead atoms. The number of aromatic nitrogens is 2. The third-order valence-corrected chi connectivity index (χ3v) is 2.81. The molecule has 0 radical (unpaired) electrons. The first-order valence-corrected chi connectivity index (χ1v) is 6.58. The maximum atomic E-state index is 5.62. The largest absolute Gasteiger partial charge is 0.454 e. The number of anilines is 2. The van der Waals surface area contributed by atoms with Gasteiger partial charge in [0.05, 0.1) is 12.4 Å². The van der Waals surface area contributed by atoms with Gasteiger partial charge in [0.2, 0.25) is 0 Å². The number of ether oxygens (including phenoxy) is 2. The van der Waals surface area contributed by atoms with E-state index in [1.807, 2.05) is 0 Å². The Kier molecular flexibility index (Phi) is 3.74. The van der Waals surface area contributed by atoms with E-state index in [1.165, 1.54) is 12.4 Å². The van der Waals surface area contributed by atoms with Gasteiger partial charge in [-0.05, 0) is 48.5 Å². The summed E-state index contributed by atoms with van der Waals surface area (Å²) >= 11 is 0. The van der Waals surface area contributed by atoms with Crippen molar-refractivity contribution in [3.8, 4) is 23.3 Å². The third-order valence-electron chi connectivity index (χ3n) is 2.81. The molecule has 1 heterocycles. The summed E-state index contributed by atoms with van der Waals surface area (Å²) in [4.78, 5) is 8.19. The second-order valence-corrected chi connectivity index (χ2v) is 4.54. The van der Waals surface area contributed by atoms with Gasteiger partial charge in [0.15, 0.2) is 5.75 Å². The molecule has 3 aromatic rings. The molecule has 0 aliphatic carbocycles. The van der Waals surface area contributed by atoms with Crippen molar-refractivity contribution in [1.82, 2.24) is 9.97 Å². The van der Waals surface area contributed by atoms with Crippen LogP contribution in [0, 0.1) is 0 Å². The monoisotopic (exact) mass is 294 g/mol. The predicted octanol–water partition coefficient (Wildman–Crippen LogP) is 3.23. The number of rotatable bonds is 4. The average Bonchev–Trinajstić information content (AvgIpc) is 2.54. The van der Waals surface area contributed by atoms with Gasteiger partial charge in [-0.1, -0.05) is 0 Å². The SMILES string of the molecule is Nc1ccc(Oc2cnc(Oc3ccc(N)cc3)nc2)cc1. The Morgan fingerprint density at radius 3 is 1.55 bits per heavy atom. The van der Waals surface area contributed by atoms with Crippen LogP contribution < -0.4 is 20.9 Å². The van der Waals surface area contributed by atoms with E-state index < -0.39 is 0 Å². The van der Waals surface area contributed by atoms with Crippen LogP contribution in [0.5, 0.6) is 23.3 Å². The molecule has 6 nitrogen and oxygen atoms in total. The molecule has 0 fully saturated rings. The minimum absolute atomic E-state index is 0.231. The quantitative estimate of drug-likeness (QED) is 0.717. The van der Waals surface area contributed by atoms with Crippen molar-refractivity contribution in [2.45, 2.75) is 0 Å². The summed E-state index contributed by atoms with van der Waals surface area (Å²) in [5.74, 6) is 1.78. The van der Waals surface area contributed by atoms with Crippen molar-refractivity contribution in [2.75, 3.05) is 11.5 Å². The molecule has 3 rings (SSSR count). The molecule has 0 saturated carbocycles. The highest BCUT2D eigenvalue weighted by Gasteiger charge is 2.03. The molecule has 22 heavy (non-hydrogen) atoms. The van der Waals surface area contributed by atoms with Crippen molar-refractivity contribution in [1.29, 1.82) is 0 Å². The molecule has 0 atom stereocenters. The fraction of sp³-hybridized carbons (Fsp3) is 0. The number of nitrogens with two attached hydrogens (primary N) is 2. The first kappa shape index (κ1) is 13.7. The number of nitrogen functional groups attached to an aromatic ring is 2. The predicted molar refractivity (Wildman–Crippen MR) is 83.9 cm³/mol. The van der Waals surface area contributed by atoms with Crippen LogP contribution >= 0.6 is 0 Å². The molecule has 110 valence electrons. The summed E-state index contributed by atoms with van der Waals surface area (Å²) in [5, 5.41) is 0. The van der Waals surface area contributed by atoms with Gasteiger partial charge in [-0.25, -0.2) is 0 Å². The van der Waals surface area contributed by atoms with Gasteiger partial charge < -0.3 is 20.9 Å². The molecule has 0 amide bonds. The third kappa shape index (κ3) is 3.43. The van der Waals surface area contributed by atoms with Crippen LogP contribution in [0.15, 0.2) is 60.9 Å². The Hall–Kier alpha value is -3.28. The van der Waals surface area contributed by atoms with Crippen molar-refractivity contribution >= 4 is 11.4 Å². The first-order valence-electron chi connectivity index (χ1n) is 6.58. The van der Waals surface area contributed by atoms with Crippen molar-refractivity contribution in [3.05, 3.63) is 60.9 Å². The highest BCUT2D eigenvalue weighted by Crippen LogP contribution is 2.23. The van der Waals surface area contributed by atoms with Gasteiger partial charge in [0.1, 0.15) is 11.5 Å². The van der Waals surface area contributed by atoms with Gasteiger partial charge in [-0.2, -0.15) is 9.97 Å². The van der Waals surface area contributed by atoms with E-state index in [9.17, 15) is 0 Å². The summed E-state index contributed by atoms with van der Waals surface area (Å²) in [6.45, 7) is 0. The van der Waals surface area contributed by atoms with E-state index in [0.717, 1.165) is 0 Å². The Morgan fingerprint density at radius 2 is 1.05 bits per heavy atom. The van der Waals surface area contributed by atoms with Gasteiger partial charge in [-0.3, -0.25) is 0 Å². The van der Waals surface area contributed by atoms with Gasteiger partial charge in [0.25, 0.3) is 0 Å². The fourth-order valence-corrected chi connectivity index (χ4v) is 1.72. The van der Waals surface area contributed by atoms with E-state index in [4.69, 9.17) is 20.9 Å². The van der Waals surface area contributed by atoms with E-state index in [1.54, 1.807) is 48.5 Å². The second kappa shape index (κ2) is 6.01. The minimum atomic E-state index is 0.231. The highest BCUT2D eigenvalue weighted by atomic mass is 16.5. The number of hydrogen-bond donors (Lipinski definition) is 2. The zero-order chi connectivity index (χ0) is 15.4. The number of nitrogens with zero attached hydrogens (tertiary/aromatic N) is 2. The fourth-order valence-electron chi connectivity index (χ4n) is 1.72. The first-order chi connectivity index (χ1) is 10.7. The Labute approximate surface area is 127 Å². The molecule has 0 aliphatic heterocycles. The van der Waals surface area contributed by atoms with Crippen LogP contribution in [0.25, 0.3) is 0 Å². The van der Waals surface area contributed by atoms with E-state index >= 15 is 0 Å². The normalized spacial score (nSPS) is 10.2. The molecular weight excluding hydrogens is 280 g/mol.